The molecule has 3 saturated heterocycles. The van der Waals surface area contributed by atoms with Crippen LogP contribution < -0.4 is 10.1 Å². The van der Waals surface area contributed by atoms with Gasteiger partial charge in [-0.3, -0.25) is 4.79 Å². The smallest absolute Gasteiger partial charge is 0.294 e. The molecule has 132 valence electrons. The number of carbonyl (C=O) groups excluding carboxylic acids is 1. The number of ether oxygens (including phenoxy) is 1. The summed E-state index contributed by atoms with van der Waals surface area (Å²) >= 11 is 2.92. The third-order valence-corrected chi connectivity index (χ3v) is 6.80. The van der Waals surface area contributed by atoms with Crippen molar-refractivity contribution in [3.05, 3.63) is 29.8 Å². The van der Waals surface area contributed by atoms with E-state index >= 15 is 0 Å². The largest absolute Gasteiger partial charge is 0.472 e. The number of methoxy groups -OCH3 is 1. The maximum absolute atomic E-state index is 12.5. The predicted octanol–water partition coefficient (Wildman–Crippen LogP) is 2.52. The molecule has 3 fully saturated rings. The molecule has 0 radical (unpaired) electrons. The Morgan fingerprint density at radius 2 is 2.04 bits per heavy atom. The van der Waals surface area contributed by atoms with Crippen LogP contribution in [-0.4, -0.2) is 53.8 Å². The molecular formula is C17H20N4O2S2. The number of hydrogen-bond donors (Lipinski definition) is 1. The van der Waals surface area contributed by atoms with Crippen LogP contribution in [0.4, 0.5) is 0 Å². The molecular weight excluding hydrogens is 356 g/mol. The maximum Gasteiger partial charge on any atom is 0.294 e. The van der Waals surface area contributed by atoms with Crippen molar-refractivity contribution in [2.24, 2.45) is 5.92 Å². The van der Waals surface area contributed by atoms with Gasteiger partial charge in [0.15, 0.2) is 4.34 Å². The number of nitrogens with one attached hydrogen (secondary N) is 1. The van der Waals surface area contributed by atoms with Gasteiger partial charge in [0.25, 0.3) is 11.1 Å². The normalized spacial score (nSPS) is 24.9. The third-order valence-electron chi connectivity index (χ3n) is 4.86. The number of benzene rings is 1. The lowest BCUT2D eigenvalue weighted by atomic mass is 9.84. The van der Waals surface area contributed by atoms with Gasteiger partial charge in [0, 0.05) is 23.0 Å². The van der Waals surface area contributed by atoms with Gasteiger partial charge >= 0.3 is 0 Å². The van der Waals surface area contributed by atoms with E-state index in [0.29, 0.717) is 16.7 Å². The van der Waals surface area contributed by atoms with E-state index in [0.717, 1.165) is 15.8 Å². The zero-order chi connectivity index (χ0) is 17.2. The van der Waals surface area contributed by atoms with E-state index < -0.39 is 0 Å². The lowest BCUT2D eigenvalue weighted by Crippen LogP contribution is -2.57. The zero-order valence-corrected chi connectivity index (χ0v) is 15.6. The Hall–Kier alpha value is -1.64. The van der Waals surface area contributed by atoms with Gasteiger partial charge in [0.1, 0.15) is 0 Å². The molecule has 3 aliphatic heterocycles. The van der Waals surface area contributed by atoms with Crippen LogP contribution in [0.5, 0.6) is 5.19 Å². The van der Waals surface area contributed by atoms with Gasteiger partial charge in [0.05, 0.1) is 7.11 Å². The van der Waals surface area contributed by atoms with Gasteiger partial charge in [-0.25, -0.2) is 0 Å². The minimum Gasteiger partial charge on any atom is -0.472 e. The van der Waals surface area contributed by atoms with Gasteiger partial charge in [-0.2, -0.15) is 0 Å². The number of piperidine rings is 3. The quantitative estimate of drug-likeness (QED) is 0.865. The second kappa shape index (κ2) is 7.31. The van der Waals surface area contributed by atoms with Crippen molar-refractivity contribution in [3.8, 4) is 5.19 Å². The Labute approximate surface area is 155 Å². The number of rotatable bonds is 5. The molecule has 2 bridgehead atoms. The maximum atomic E-state index is 12.5. The summed E-state index contributed by atoms with van der Waals surface area (Å²) in [5, 5.41) is 11.8. The standard InChI is InChI=1S/C17H20N4O2S2/c1-23-16-19-20-17(25-16)24-13-4-2-12(3-5-13)15(22)18-14-10-21-8-6-11(14)7-9-21/h2-5,11,14H,6-10H2,1H3,(H,18,22). The van der Waals surface area contributed by atoms with Crippen LogP contribution in [0.25, 0.3) is 0 Å². The third kappa shape index (κ3) is 3.80. The summed E-state index contributed by atoms with van der Waals surface area (Å²) in [7, 11) is 1.58. The number of nitrogens with zero attached hydrogens (tertiary/aromatic N) is 3. The molecule has 2 aromatic rings. The summed E-state index contributed by atoms with van der Waals surface area (Å²) < 4.78 is 5.87. The molecule has 0 saturated carbocycles. The Kier molecular flexibility index (Phi) is 4.91. The van der Waals surface area contributed by atoms with Crippen molar-refractivity contribution in [1.82, 2.24) is 20.4 Å². The summed E-state index contributed by atoms with van der Waals surface area (Å²) in [4.78, 5) is 16.0. The Morgan fingerprint density at radius 1 is 1.28 bits per heavy atom. The van der Waals surface area contributed by atoms with Crippen LogP contribution in [0.1, 0.15) is 23.2 Å². The van der Waals surface area contributed by atoms with E-state index in [2.05, 4.69) is 20.4 Å². The minimum atomic E-state index is 0.0212. The first-order chi connectivity index (χ1) is 12.2. The van der Waals surface area contributed by atoms with Crippen molar-refractivity contribution in [2.45, 2.75) is 28.1 Å². The fourth-order valence-electron chi connectivity index (χ4n) is 3.48. The van der Waals surface area contributed by atoms with Crippen LogP contribution >= 0.6 is 23.1 Å². The van der Waals surface area contributed by atoms with Crippen molar-refractivity contribution >= 4 is 29.0 Å². The molecule has 0 aliphatic carbocycles. The van der Waals surface area contributed by atoms with E-state index in [1.165, 1.54) is 49.0 Å². The second-order valence-electron chi connectivity index (χ2n) is 6.38. The predicted molar refractivity (Wildman–Crippen MR) is 97.4 cm³/mol. The molecule has 1 amide bonds. The van der Waals surface area contributed by atoms with E-state index in [9.17, 15) is 4.79 Å². The molecule has 4 heterocycles. The van der Waals surface area contributed by atoms with Crippen LogP contribution in [0.2, 0.25) is 0 Å². The number of fused-ring (bicyclic) bond motifs is 3. The van der Waals surface area contributed by atoms with E-state index in [1.54, 1.807) is 7.11 Å². The first kappa shape index (κ1) is 16.8. The number of amides is 1. The molecule has 6 nitrogen and oxygen atoms in total. The monoisotopic (exact) mass is 376 g/mol. The summed E-state index contributed by atoms with van der Waals surface area (Å²) in [5.74, 6) is 0.657. The molecule has 3 aliphatic rings. The zero-order valence-electron chi connectivity index (χ0n) is 14.0. The molecule has 0 spiro atoms. The molecule has 8 heteroatoms. The number of carbonyl (C=O) groups is 1. The molecule has 1 N–H and O–H groups in total. The number of aromatic nitrogens is 2. The van der Waals surface area contributed by atoms with E-state index in [1.807, 2.05) is 24.3 Å². The Bertz CT molecular complexity index is 741. The second-order valence-corrected chi connectivity index (χ2v) is 8.64. The highest BCUT2D eigenvalue weighted by atomic mass is 32.2. The van der Waals surface area contributed by atoms with Crippen molar-refractivity contribution in [1.29, 1.82) is 0 Å². The lowest BCUT2D eigenvalue weighted by Gasteiger charge is -2.44. The minimum absolute atomic E-state index is 0.0212. The molecule has 1 unspecified atom stereocenters. The molecule has 1 aromatic heterocycles. The van der Waals surface area contributed by atoms with Crippen LogP contribution in [0.15, 0.2) is 33.5 Å². The topological polar surface area (TPSA) is 67.3 Å². The molecule has 1 atom stereocenters. The Balaban J connectivity index is 1.37. The van der Waals surface area contributed by atoms with Crippen molar-refractivity contribution in [2.75, 3.05) is 26.7 Å². The van der Waals surface area contributed by atoms with Crippen LogP contribution in [0.3, 0.4) is 0 Å². The van der Waals surface area contributed by atoms with Crippen molar-refractivity contribution in [3.63, 3.8) is 0 Å². The van der Waals surface area contributed by atoms with Gasteiger partial charge in [-0.1, -0.05) is 16.9 Å². The van der Waals surface area contributed by atoms with Gasteiger partial charge in [-0.15, -0.1) is 5.10 Å². The average Bonchev–Trinajstić information content (AvgIpc) is 3.11. The van der Waals surface area contributed by atoms with Gasteiger partial charge in [-0.05, 0) is 67.5 Å². The number of hydrogen-bond acceptors (Lipinski definition) is 7. The molecule has 25 heavy (non-hydrogen) atoms. The lowest BCUT2D eigenvalue weighted by molar-refractivity contribution is 0.0620. The SMILES string of the molecule is COc1nnc(Sc2ccc(C(=O)NC3CN4CCC3CC4)cc2)s1. The first-order valence-electron chi connectivity index (χ1n) is 8.40. The average molecular weight is 377 g/mol. The highest BCUT2D eigenvalue weighted by molar-refractivity contribution is 8.01. The van der Waals surface area contributed by atoms with Crippen molar-refractivity contribution < 1.29 is 9.53 Å². The van der Waals surface area contributed by atoms with E-state index in [-0.39, 0.29) is 11.9 Å². The van der Waals surface area contributed by atoms with E-state index in [4.69, 9.17) is 4.74 Å². The summed E-state index contributed by atoms with van der Waals surface area (Å²) in [6.45, 7) is 3.35. The summed E-state index contributed by atoms with van der Waals surface area (Å²) in [6.07, 6.45) is 2.40. The Morgan fingerprint density at radius 3 is 2.64 bits per heavy atom. The highest BCUT2D eigenvalue weighted by Gasteiger charge is 2.34. The summed E-state index contributed by atoms with van der Waals surface area (Å²) in [5.41, 5.74) is 0.704. The highest BCUT2D eigenvalue weighted by Crippen LogP contribution is 2.33. The first-order valence-corrected chi connectivity index (χ1v) is 10.0. The molecule has 5 rings (SSSR count). The fourth-order valence-corrected chi connectivity index (χ4v) is 5.10. The van der Waals surface area contributed by atoms with Crippen LogP contribution in [-0.2, 0) is 0 Å². The fraction of sp³-hybridized carbons (Fsp3) is 0.471. The summed E-state index contributed by atoms with van der Waals surface area (Å²) in [6, 6.07) is 7.93. The van der Waals surface area contributed by atoms with Gasteiger partial charge in [0.2, 0.25) is 0 Å². The van der Waals surface area contributed by atoms with Gasteiger partial charge < -0.3 is 15.0 Å². The van der Waals surface area contributed by atoms with Crippen LogP contribution in [0, 0.1) is 5.92 Å². The molecule has 1 aromatic carbocycles.